The fourth-order valence-electron chi connectivity index (χ4n) is 7.99. The average molecular weight is 660 g/mol. The molecule has 12 heteroatoms. The average Bonchev–Trinajstić information content (AvgIpc) is 3.93. The number of aromatic amines is 1. The molecule has 250 valence electrons. The summed E-state index contributed by atoms with van der Waals surface area (Å²) in [6.45, 7) is 5.19. The number of aromatic nitrogens is 5. The number of hydrogen-bond acceptors (Lipinski definition) is 8. The van der Waals surface area contributed by atoms with E-state index in [9.17, 15) is 14.0 Å². The fraction of sp³-hybridized carbons (Fsp3) is 0.351. The highest BCUT2D eigenvalue weighted by Crippen LogP contribution is 2.39. The van der Waals surface area contributed by atoms with Crippen LogP contribution < -0.4 is 10.2 Å². The van der Waals surface area contributed by atoms with Crippen LogP contribution in [0.25, 0.3) is 33.5 Å². The molecule has 3 aliphatic heterocycles. The minimum Gasteiger partial charge on any atom is -0.365 e. The molecule has 3 fully saturated rings. The number of piperazine rings is 1. The van der Waals surface area contributed by atoms with Gasteiger partial charge in [-0.25, -0.2) is 14.4 Å². The van der Waals surface area contributed by atoms with Gasteiger partial charge in [0.2, 0.25) is 11.8 Å². The van der Waals surface area contributed by atoms with Crippen LogP contribution in [-0.4, -0.2) is 91.6 Å². The lowest BCUT2D eigenvalue weighted by molar-refractivity contribution is -0.134. The molecule has 2 aromatic carbocycles. The third-order valence-electron chi connectivity index (χ3n) is 10.4. The Morgan fingerprint density at radius 2 is 1.80 bits per heavy atom. The number of hydrogen-bond donors (Lipinski definition) is 2. The lowest BCUT2D eigenvalue weighted by Gasteiger charge is -2.36. The number of amides is 2. The maximum atomic E-state index is 13.9. The predicted octanol–water partition coefficient (Wildman–Crippen LogP) is 5.14. The van der Waals surface area contributed by atoms with E-state index in [0.717, 1.165) is 71.3 Å². The lowest BCUT2D eigenvalue weighted by atomic mass is 9.81. The molecule has 0 saturated carbocycles. The second-order valence-corrected chi connectivity index (χ2v) is 13.5. The number of pyridine rings is 1. The Hall–Kier alpha value is -5.23. The standard InChI is InChI=1S/C37H38FN9O2/c1-2-11-37(36(49)42-27-5-8-32-31(16-27)34(44-43-32)24-9-13-39-14-10-24)12-15-45(23-37)22-33(48)47-21-29-17-30(47)20-46(29)28-6-3-25(4-7-28)35-40-18-26(38)19-41-35/h3-10,13-14,16,18-19,29-30H,2,11-12,15,17,20-23H2,1H3,(H,42,49)(H,43,44)/t29-,30-,37?/m0/s1. The van der Waals surface area contributed by atoms with Gasteiger partial charge >= 0.3 is 0 Å². The minimum absolute atomic E-state index is 0.00508. The van der Waals surface area contributed by atoms with Gasteiger partial charge in [-0.2, -0.15) is 5.10 Å². The second kappa shape index (κ2) is 12.7. The number of nitrogens with one attached hydrogen (secondary N) is 2. The molecule has 0 spiro atoms. The molecule has 3 atom stereocenters. The normalized spacial score (nSPS) is 21.9. The molecule has 0 aliphatic carbocycles. The first-order chi connectivity index (χ1) is 23.9. The summed E-state index contributed by atoms with van der Waals surface area (Å²) in [5.41, 5.74) is 4.77. The van der Waals surface area contributed by atoms with Crippen LogP contribution in [0.3, 0.4) is 0 Å². The van der Waals surface area contributed by atoms with E-state index in [1.165, 1.54) is 12.4 Å². The Balaban J connectivity index is 0.891. The number of halogens is 1. The van der Waals surface area contributed by atoms with E-state index >= 15 is 0 Å². The highest BCUT2D eigenvalue weighted by atomic mass is 19.1. The molecule has 1 unspecified atom stereocenters. The third kappa shape index (κ3) is 5.90. The summed E-state index contributed by atoms with van der Waals surface area (Å²) in [6.07, 6.45) is 9.13. The number of fused-ring (bicyclic) bond motifs is 3. The monoisotopic (exact) mass is 659 g/mol. The van der Waals surface area contributed by atoms with E-state index in [1.807, 2.05) is 59.5 Å². The van der Waals surface area contributed by atoms with Crippen LogP contribution in [-0.2, 0) is 9.59 Å². The summed E-state index contributed by atoms with van der Waals surface area (Å²) >= 11 is 0. The molecule has 2 bridgehead atoms. The van der Waals surface area contributed by atoms with Gasteiger partial charge in [0.05, 0.1) is 35.9 Å². The Bertz CT molecular complexity index is 1990. The van der Waals surface area contributed by atoms with Crippen molar-refractivity contribution in [1.29, 1.82) is 0 Å². The number of nitrogens with zero attached hydrogens (tertiary/aromatic N) is 7. The van der Waals surface area contributed by atoms with Crippen molar-refractivity contribution in [3.63, 3.8) is 0 Å². The van der Waals surface area contributed by atoms with Crippen molar-refractivity contribution in [3.8, 4) is 22.6 Å². The topological polar surface area (TPSA) is 123 Å². The van der Waals surface area contributed by atoms with Crippen LogP contribution in [0.4, 0.5) is 15.8 Å². The van der Waals surface area contributed by atoms with E-state index in [1.54, 1.807) is 12.4 Å². The van der Waals surface area contributed by atoms with Gasteiger partial charge in [0, 0.05) is 66.0 Å². The number of likely N-dealkylation sites (tertiary alicyclic amines) is 2. The van der Waals surface area contributed by atoms with Crippen molar-refractivity contribution >= 4 is 34.1 Å². The van der Waals surface area contributed by atoms with Crippen LogP contribution in [0, 0.1) is 11.2 Å². The highest BCUT2D eigenvalue weighted by molar-refractivity contribution is 6.00. The fourth-order valence-corrected chi connectivity index (χ4v) is 7.99. The molecule has 0 radical (unpaired) electrons. The predicted molar refractivity (Wildman–Crippen MR) is 185 cm³/mol. The van der Waals surface area contributed by atoms with Crippen LogP contribution >= 0.6 is 0 Å². The molecular formula is C37H38FN9O2. The zero-order valence-corrected chi connectivity index (χ0v) is 27.3. The zero-order chi connectivity index (χ0) is 33.5. The van der Waals surface area contributed by atoms with E-state index in [0.29, 0.717) is 32.0 Å². The molecule has 5 aromatic rings. The molecule has 3 aromatic heterocycles. The summed E-state index contributed by atoms with van der Waals surface area (Å²) in [5.74, 6) is 0.170. The van der Waals surface area contributed by atoms with Crippen molar-refractivity contribution < 1.29 is 14.0 Å². The number of benzene rings is 2. The van der Waals surface area contributed by atoms with Gasteiger partial charge in [-0.15, -0.1) is 0 Å². The number of anilines is 2. The largest absolute Gasteiger partial charge is 0.365 e. The molecule has 6 heterocycles. The van der Waals surface area contributed by atoms with Crippen LogP contribution in [0.1, 0.15) is 32.6 Å². The maximum absolute atomic E-state index is 13.9. The van der Waals surface area contributed by atoms with E-state index in [-0.39, 0.29) is 23.9 Å². The van der Waals surface area contributed by atoms with Gasteiger partial charge in [0.1, 0.15) is 5.69 Å². The Labute approximate surface area is 283 Å². The van der Waals surface area contributed by atoms with Crippen molar-refractivity contribution in [2.24, 2.45) is 5.41 Å². The summed E-state index contributed by atoms with van der Waals surface area (Å²) in [5, 5.41) is 11.7. The molecule has 3 saturated heterocycles. The third-order valence-corrected chi connectivity index (χ3v) is 10.4. The maximum Gasteiger partial charge on any atom is 0.237 e. The lowest BCUT2D eigenvalue weighted by Crippen LogP contribution is -2.51. The van der Waals surface area contributed by atoms with Crippen LogP contribution in [0.5, 0.6) is 0 Å². The first kappa shape index (κ1) is 31.1. The van der Waals surface area contributed by atoms with E-state index < -0.39 is 11.2 Å². The van der Waals surface area contributed by atoms with Gasteiger partial charge < -0.3 is 15.1 Å². The van der Waals surface area contributed by atoms with Crippen molar-refractivity contribution in [3.05, 3.63) is 85.2 Å². The SMILES string of the molecule is CCCC1(C(=O)Nc2ccc3[nH]nc(-c4ccncc4)c3c2)CCN(CC(=O)N2C[C@@H]3C[C@H]2CN3c2ccc(-c3ncc(F)cn3)cc2)C1. The molecular weight excluding hydrogens is 621 g/mol. The van der Waals surface area contributed by atoms with E-state index in [4.69, 9.17) is 0 Å². The summed E-state index contributed by atoms with van der Waals surface area (Å²) in [6, 6.07) is 18.1. The van der Waals surface area contributed by atoms with Gasteiger partial charge in [0.15, 0.2) is 11.6 Å². The van der Waals surface area contributed by atoms with Crippen LogP contribution in [0.2, 0.25) is 0 Å². The summed E-state index contributed by atoms with van der Waals surface area (Å²) in [7, 11) is 0. The van der Waals surface area contributed by atoms with Crippen molar-refractivity contribution in [2.45, 2.75) is 44.7 Å². The molecule has 2 amide bonds. The highest BCUT2D eigenvalue weighted by Gasteiger charge is 2.48. The number of H-pyrrole nitrogens is 1. The molecule has 2 N–H and O–H groups in total. The van der Waals surface area contributed by atoms with Gasteiger partial charge in [-0.05, 0) is 80.4 Å². The van der Waals surface area contributed by atoms with Gasteiger partial charge in [-0.1, -0.05) is 13.3 Å². The van der Waals surface area contributed by atoms with E-state index in [2.05, 4.69) is 47.2 Å². The van der Waals surface area contributed by atoms with Gasteiger partial charge in [-0.3, -0.25) is 24.6 Å². The Kier molecular flexibility index (Phi) is 8.03. The van der Waals surface area contributed by atoms with Gasteiger partial charge in [0.25, 0.3) is 0 Å². The first-order valence-corrected chi connectivity index (χ1v) is 17.0. The smallest absolute Gasteiger partial charge is 0.237 e. The molecule has 49 heavy (non-hydrogen) atoms. The summed E-state index contributed by atoms with van der Waals surface area (Å²) < 4.78 is 13.2. The number of carbonyl (C=O) groups is 2. The molecule has 11 nitrogen and oxygen atoms in total. The first-order valence-electron chi connectivity index (χ1n) is 17.0. The second-order valence-electron chi connectivity index (χ2n) is 13.5. The number of carbonyl (C=O) groups excluding carboxylic acids is 2. The zero-order valence-electron chi connectivity index (χ0n) is 27.3. The van der Waals surface area contributed by atoms with Crippen molar-refractivity contribution in [1.82, 2.24) is 34.9 Å². The Morgan fingerprint density at radius 3 is 2.53 bits per heavy atom. The molecule has 3 aliphatic rings. The quantitative estimate of drug-likeness (QED) is 0.223. The van der Waals surface area contributed by atoms with Crippen LogP contribution in [0.15, 0.2) is 79.4 Å². The number of rotatable bonds is 9. The Morgan fingerprint density at radius 1 is 1.00 bits per heavy atom. The summed E-state index contributed by atoms with van der Waals surface area (Å²) in [4.78, 5) is 46.4. The minimum atomic E-state index is -0.555. The van der Waals surface area contributed by atoms with Crippen molar-refractivity contribution in [2.75, 3.05) is 42.9 Å². The molecule has 8 rings (SSSR count).